The summed E-state index contributed by atoms with van der Waals surface area (Å²) in [7, 11) is -4.50. The van der Waals surface area contributed by atoms with E-state index < -0.39 is 37.2 Å². The van der Waals surface area contributed by atoms with E-state index in [-0.39, 0.29) is 30.8 Å². The van der Waals surface area contributed by atoms with Crippen LogP contribution in [0.2, 0.25) is 0 Å². The van der Waals surface area contributed by atoms with Crippen molar-refractivity contribution < 1.29 is 33.4 Å². The molecule has 1 aliphatic heterocycles. The summed E-state index contributed by atoms with van der Waals surface area (Å²) in [6.07, 6.45) is 2.99. The topological polar surface area (TPSA) is 113 Å². The first kappa shape index (κ1) is 25.7. The maximum atomic E-state index is 12.6. The van der Waals surface area contributed by atoms with E-state index in [1.54, 1.807) is 33.8 Å². The first-order chi connectivity index (χ1) is 13.3. The Morgan fingerprint density at radius 2 is 1.79 bits per heavy atom. The number of ether oxygens (including phenoxy) is 2. The van der Waals surface area contributed by atoms with Crippen molar-refractivity contribution in [1.29, 1.82) is 0 Å². The van der Waals surface area contributed by atoms with Gasteiger partial charge in [0.2, 0.25) is 0 Å². The first-order valence-corrected chi connectivity index (χ1v) is 11.9. The predicted molar refractivity (Wildman–Crippen MR) is 110 cm³/mol. The van der Waals surface area contributed by atoms with E-state index >= 15 is 0 Å². The molecule has 8 nitrogen and oxygen atoms in total. The normalized spacial score (nSPS) is 21.3. The van der Waals surface area contributed by atoms with Crippen molar-refractivity contribution in [3.63, 3.8) is 0 Å². The minimum Gasteiger partial charge on any atom is -0.464 e. The monoisotopic (exact) mass is 433 g/mol. The molecular formula is C20H36NO7P. The molecule has 1 aliphatic rings. The Labute approximate surface area is 173 Å². The molecule has 0 saturated carbocycles. The highest BCUT2D eigenvalue weighted by Crippen LogP contribution is 2.52. The summed E-state index contributed by atoms with van der Waals surface area (Å²) >= 11 is 0. The van der Waals surface area contributed by atoms with Crippen LogP contribution in [0.3, 0.4) is 0 Å². The van der Waals surface area contributed by atoms with Crippen molar-refractivity contribution in [2.24, 2.45) is 11.8 Å². The fourth-order valence-corrected chi connectivity index (χ4v) is 4.59. The molecule has 1 saturated heterocycles. The number of nitrogens with zero attached hydrogens (tertiary/aromatic N) is 1. The molecule has 9 heteroatoms. The second-order valence-electron chi connectivity index (χ2n) is 8.38. The van der Waals surface area contributed by atoms with E-state index in [2.05, 4.69) is 0 Å². The molecule has 0 aromatic heterocycles. The van der Waals surface area contributed by atoms with Gasteiger partial charge in [-0.05, 0) is 65.2 Å². The number of carbonyl (C=O) groups is 2. The second-order valence-corrected chi connectivity index (χ2v) is 9.98. The summed E-state index contributed by atoms with van der Waals surface area (Å²) in [5.41, 5.74) is -0.723. The summed E-state index contributed by atoms with van der Waals surface area (Å²) in [6, 6.07) is -0.944. The van der Waals surface area contributed by atoms with Gasteiger partial charge in [0.25, 0.3) is 0 Å². The molecule has 0 aromatic rings. The average molecular weight is 433 g/mol. The molecule has 0 bridgehead atoms. The lowest BCUT2D eigenvalue weighted by Gasteiger charge is -2.39. The van der Waals surface area contributed by atoms with Gasteiger partial charge in [0.05, 0.1) is 6.61 Å². The molecule has 0 aromatic carbocycles. The fourth-order valence-electron chi connectivity index (χ4n) is 3.47. The first-order valence-electron chi connectivity index (χ1n) is 10.3. The van der Waals surface area contributed by atoms with E-state index in [4.69, 9.17) is 9.47 Å². The van der Waals surface area contributed by atoms with Crippen molar-refractivity contribution in [3.8, 4) is 0 Å². The molecular weight excluding hydrogens is 397 g/mol. The van der Waals surface area contributed by atoms with Gasteiger partial charge in [-0.15, -0.1) is 0 Å². The van der Waals surface area contributed by atoms with Crippen molar-refractivity contribution in [2.45, 2.75) is 78.9 Å². The summed E-state index contributed by atoms with van der Waals surface area (Å²) in [5, 5.41) is 0.0596. The molecule has 1 rings (SSSR count). The van der Waals surface area contributed by atoms with Crippen LogP contribution in [0.25, 0.3) is 0 Å². The quantitative estimate of drug-likeness (QED) is 0.460. The molecule has 29 heavy (non-hydrogen) atoms. The Morgan fingerprint density at radius 1 is 1.21 bits per heavy atom. The molecule has 2 N–H and O–H groups in total. The highest BCUT2D eigenvalue weighted by molar-refractivity contribution is 7.56. The lowest BCUT2D eigenvalue weighted by Crippen LogP contribution is -2.52. The Kier molecular flexibility index (Phi) is 9.38. The Bertz CT molecular complexity index is 646. The summed E-state index contributed by atoms with van der Waals surface area (Å²) in [6.45, 7) is 11.1. The van der Waals surface area contributed by atoms with Gasteiger partial charge in [0.1, 0.15) is 11.6 Å². The molecule has 1 fully saturated rings. The minimum absolute atomic E-state index is 0.0440. The average Bonchev–Trinajstić information content (AvgIpc) is 2.60. The Hall–Kier alpha value is -1.37. The number of esters is 1. The lowest BCUT2D eigenvalue weighted by atomic mass is 9.88. The summed E-state index contributed by atoms with van der Waals surface area (Å²) in [4.78, 5) is 46.4. The van der Waals surface area contributed by atoms with Gasteiger partial charge < -0.3 is 19.3 Å². The van der Waals surface area contributed by atoms with Gasteiger partial charge in [-0.3, -0.25) is 9.46 Å². The molecule has 2 unspecified atom stereocenters. The third-order valence-corrected chi connectivity index (χ3v) is 6.19. The predicted octanol–water partition coefficient (Wildman–Crippen LogP) is 4.06. The molecule has 0 radical (unpaired) electrons. The summed E-state index contributed by atoms with van der Waals surface area (Å²) < 4.78 is 22.7. The maximum Gasteiger partial charge on any atom is 0.411 e. The van der Waals surface area contributed by atoms with Gasteiger partial charge >= 0.3 is 19.7 Å². The van der Waals surface area contributed by atoms with Crippen molar-refractivity contribution >= 4 is 19.7 Å². The smallest absolute Gasteiger partial charge is 0.411 e. The van der Waals surface area contributed by atoms with Crippen LogP contribution in [0, 0.1) is 11.8 Å². The number of rotatable bonds is 7. The van der Waals surface area contributed by atoms with Crippen LogP contribution in [0.15, 0.2) is 11.4 Å². The van der Waals surface area contributed by atoms with Gasteiger partial charge in [0.15, 0.2) is 0 Å². The zero-order chi connectivity index (χ0) is 22.4. The maximum absolute atomic E-state index is 12.6. The van der Waals surface area contributed by atoms with Gasteiger partial charge in [0, 0.05) is 11.9 Å². The number of hydrogen-bond donors (Lipinski definition) is 2. The molecule has 1 heterocycles. The minimum atomic E-state index is -4.50. The molecule has 2 atom stereocenters. The molecule has 1 amide bonds. The lowest BCUT2D eigenvalue weighted by molar-refractivity contribution is -0.151. The van der Waals surface area contributed by atoms with Crippen LogP contribution in [-0.4, -0.2) is 51.5 Å². The second kappa shape index (κ2) is 10.6. The van der Waals surface area contributed by atoms with Gasteiger partial charge in [-0.1, -0.05) is 19.9 Å². The molecule has 0 aliphatic carbocycles. The van der Waals surface area contributed by atoms with E-state index in [9.17, 15) is 23.9 Å². The van der Waals surface area contributed by atoms with E-state index in [1.165, 1.54) is 4.90 Å². The Balaban J connectivity index is 3.21. The van der Waals surface area contributed by atoms with Crippen LogP contribution < -0.4 is 0 Å². The number of likely N-dealkylation sites (tertiary alicyclic amines) is 1. The fraction of sp³-hybridized carbons (Fsp3) is 0.800. The third-order valence-electron chi connectivity index (χ3n) is 5.00. The zero-order valence-corrected chi connectivity index (χ0v) is 19.3. The Morgan fingerprint density at radius 3 is 2.24 bits per heavy atom. The van der Waals surface area contributed by atoms with Crippen LogP contribution in [0.5, 0.6) is 0 Å². The largest absolute Gasteiger partial charge is 0.464 e. The third kappa shape index (κ3) is 7.76. The highest BCUT2D eigenvalue weighted by Gasteiger charge is 2.42. The number of hydrogen-bond acceptors (Lipinski definition) is 5. The van der Waals surface area contributed by atoms with Crippen molar-refractivity contribution in [3.05, 3.63) is 11.4 Å². The summed E-state index contributed by atoms with van der Waals surface area (Å²) in [5.74, 6) is -1.05. The molecule has 168 valence electrons. The van der Waals surface area contributed by atoms with Gasteiger partial charge in [-0.2, -0.15) is 0 Å². The standard InChI is InChI=1S/C20H36NO7P/c1-7-14(8-2)12-17(29(24,25)26)15-10-11-21(19(23)28-20(4,5)6)16(13-15)18(22)27-9-3/h12,14-16H,7-11,13H2,1-6H3,(H2,24,25,26)/b17-12-. The van der Waals surface area contributed by atoms with Crippen LogP contribution >= 0.6 is 7.60 Å². The zero-order valence-electron chi connectivity index (χ0n) is 18.4. The van der Waals surface area contributed by atoms with Gasteiger partial charge in [-0.25, -0.2) is 9.59 Å². The van der Waals surface area contributed by atoms with Crippen LogP contribution in [-0.2, 0) is 18.8 Å². The highest BCUT2D eigenvalue weighted by atomic mass is 31.2. The number of carbonyl (C=O) groups excluding carboxylic acids is 2. The van der Waals surface area contributed by atoms with E-state index in [0.29, 0.717) is 6.42 Å². The number of allylic oxidation sites excluding steroid dienone is 2. The molecule has 0 spiro atoms. The van der Waals surface area contributed by atoms with E-state index in [0.717, 1.165) is 12.8 Å². The van der Waals surface area contributed by atoms with Crippen molar-refractivity contribution in [2.75, 3.05) is 13.2 Å². The van der Waals surface area contributed by atoms with Crippen molar-refractivity contribution in [1.82, 2.24) is 4.90 Å². The number of piperidine rings is 1. The van der Waals surface area contributed by atoms with E-state index in [1.807, 2.05) is 13.8 Å². The van der Waals surface area contributed by atoms with Crippen LogP contribution in [0.1, 0.15) is 67.2 Å². The SMILES string of the molecule is CCOC(=O)C1CC(/C(=C/C(CC)CC)P(=O)(O)O)CCN1C(=O)OC(C)(C)C. The van der Waals surface area contributed by atoms with Crippen LogP contribution in [0.4, 0.5) is 4.79 Å². The number of amides is 1.